The van der Waals surface area contributed by atoms with Gasteiger partial charge in [-0.05, 0) is 17.3 Å². The van der Waals surface area contributed by atoms with E-state index < -0.39 is 17.5 Å². The largest absolute Gasteiger partial charge is 0.344 e. The van der Waals surface area contributed by atoms with Crippen molar-refractivity contribution in [3.8, 4) is 0 Å². The van der Waals surface area contributed by atoms with Crippen molar-refractivity contribution >= 4 is 16.9 Å². The van der Waals surface area contributed by atoms with Crippen molar-refractivity contribution in [1.82, 2.24) is 18.7 Å². The summed E-state index contributed by atoms with van der Waals surface area (Å²) in [5, 5.41) is 5.67. The molecule has 0 saturated heterocycles. The van der Waals surface area contributed by atoms with Crippen LogP contribution in [0.3, 0.4) is 0 Å². The van der Waals surface area contributed by atoms with E-state index in [1.807, 2.05) is 0 Å². The van der Waals surface area contributed by atoms with Crippen molar-refractivity contribution < 1.29 is 0 Å². The summed E-state index contributed by atoms with van der Waals surface area (Å²) in [6.45, 7) is 0. The van der Waals surface area contributed by atoms with Gasteiger partial charge in [-0.15, -0.1) is 4.91 Å². The van der Waals surface area contributed by atoms with Crippen molar-refractivity contribution in [2.24, 2.45) is 19.3 Å². The van der Waals surface area contributed by atoms with Gasteiger partial charge < -0.3 is 9.88 Å². The molecule has 1 aromatic carbocycles. The van der Waals surface area contributed by atoms with E-state index in [2.05, 4.69) is 15.5 Å². The van der Waals surface area contributed by atoms with Gasteiger partial charge in [-0.2, -0.15) is 0 Å². The first-order valence-corrected chi connectivity index (χ1v) is 6.81. The zero-order chi connectivity index (χ0) is 16.6. The Kier molecular flexibility index (Phi) is 3.53. The molecule has 3 rings (SSSR count). The quantitative estimate of drug-likeness (QED) is 0.716. The number of para-hydroxylation sites is 1. The van der Waals surface area contributed by atoms with Gasteiger partial charge in [-0.1, -0.05) is 18.2 Å². The molecule has 0 aliphatic rings. The third-order valence-electron chi connectivity index (χ3n) is 3.56. The molecule has 0 saturated carbocycles. The number of aromatic nitrogens is 4. The van der Waals surface area contributed by atoms with Gasteiger partial charge in [0.25, 0.3) is 5.56 Å². The van der Waals surface area contributed by atoms with Crippen LogP contribution in [0.1, 0.15) is 6.29 Å². The molecule has 0 amide bonds. The molecular formula is C14H14N6O3. The Hall–Kier alpha value is -3.23. The van der Waals surface area contributed by atoms with Crippen LogP contribution in [0.15, 0.2) is 51.4 Å². The van der Waals surface area contributed by atoms with E-state index in [4.69, 9.17) is 0 Å². The molecule has 0 spiro atoms. The van der Waals surface area contributed by atoms with Gasteiger partial charge in [0.15, 0.2) is 11.2 Å². The van der Waals surface area contributed by atoms with Gasteiger partial charge in [0, 0.05) is 19.8 Å². The molecule has 0 bridgehead atoms. The normalized spacial score (nSPS) is 12.3. The minimum atomic E-state index is -1.36. The number of nitrogens with one attached hydrogen (secondary N) is 1. The fourth-order valence-electron chi connectivity index (χ4n) is 2.40. The summed E-state index contributed by atoms with van der Waals surface area (Å²) in [4.78, 5) is 40.3. The van der Waals surface area contributed by atoms with Gasteiger partial charge in [-0.25, -0.2) is 14.3 Å². The fourth-order valence-corrected chi connectivity index (χ4v) is 2.40. The summed E-state index contributed by atoms with van der Waals surface area (Å²) >= 11 is 0. The zero-order valence-corrected chi connectivity index (χ0v) is 12.5. The van der Waals surface area contributed by atoms with Gasteiger partial charge in [0.1, 0.15) is 0 Å². The molecule has 2 heterocycles. The molecule has 9 heteroatoms. The molecule has 1 atom stereocenters. The second-order valence-corrected chi connectivity index (χ2v) is 5.03. The Morgan fingerprint density at radius 2 is 1.87 bits per heavy atom. The number of aryl methyl sites for hydroxylation is 2. The third kappa shape index (κ3) is 2.31. The van der Waals surface area contributed by atoms with Crippen molar-refractivity contribution in [1.29, 1.82) is 0 Å². The Morgan fingerprint density at radius 1 is 1.17 bits per heavy atom. The minimum Gasteiger partial charge on any atom is -0.344 e. The lowest BCUT2D eigenvalue weighted by Gasteiger charge is -2.16. The van der Waals surface area contributed by atoms with Gasteiger partial charge in [0.05, 0.1) is 6.33 Å². The van der Waals surface area contributed by atoms with Gasteiger partial charge in [0.2, 0.25) is 6.29 Å². The maximum Gasteiger partial charge on any atom is 0.335 e. The lowest BCUT2D eigenvalue weighted by atomic mass is 10.3. The van der Waals surface area contributed by atoms with Crippen LogP contribution in [-0.2, 0) is 14.1 Å². The molecule has 0 fully saturated rings. The van der Waals surface area contributed by atoms with Crippen molar-refractivity contribution in [3.63, 3.8) is 0 Å². The number of nitroso groups, excluding NO2 is 1. The number of rotatable bonds is 4. The molecule has 2 aromatic heterocycles. The highest BCUT2D eigenvalue weighted by atomic mass is 16.3. The predicted octanol–water partition coefficient (Wildman–Crippen LogP) is 0.768. The fraction of sp³-hybridized carbons (Fsp3) is 0.214. The summed E-state index contributed by atoms with van der Waals surface area (Å²) < 4.78 is 3.49. The van der Waals surface area contributed by atoms with E-state index >= 15 is 0 Å². The topological polar surface area (TPSA) is 103 Å². The van der Waals surface area contributed by atoms with E-state index in [1.165, 1.54) is 22.5 Å². The number of benzene rings is 1. The van der Waals surface area contributed by atoms with Crippen LogP contribution < -0.4 is 16.6 Å². The molecule has 3 aromatic rings. The molecule has 0 aliphatic carbocycles. The number of hydrogen-bond acceptors (Lipinski definition) is 6. The standard InChI is InChI=1S/C14H14N6O3/c1-18-8-15-11-10(18)12(21)20(14(22)19(11)2)13(17-23)16-9-6-4-3-5-7-9/h3-8,13,16H,1-2H3. The summed E-state index contributed by atoms with van der Waals surface area (Å²) in [5.41, 5.74) is -0.264. The van der Waals surface area contributed by atoms with Crippen LogP contribution in [0.4, 0.5) is 5.69 Å². The van der Waals surface area contributed by atoms with Crippen molar-refractivity contribution in [2.45, 2.75) is 6.29 Å². The van der Waals surface area contributed by atoms with Crippen LogP contribution in [0.2, 0.25) is 0 Å². The Balaban J connectivity index is 2.21. The van der Waals surface area contributed by atoms with Crippen LogP contribution in [0, 0.1) is 4.91 Å². The zero-order valence-electron chi connectivity index (χ0n) is 12.5. The van der Waals surface area contributed by atoms with E-state index in [0.717, 1.165) is 4.57 Å². The maximum atomic E-state index is 12.6. The first kappa shape index (κ1) is 14.7. The van der Waals surface area contributed by atoms with Crippen LogP contribution >= 0.6 is 0 Å². The van der Waals surface area contributed by atoms with Crippen molar-refractivity contribution in [3.05, 3.63) is 62.4 Å². The number of imidazole rings is 1. The lowest BCUT2D eigenvalue weighted by Crippen LogP contribution is -2.43. The Labute approximate surface area is 129 Å². The second kappa shape index (κ2) is 5.52. The number of hydrogen-bond donors (Lipinski definition) is 1. The summed E-state index contributed by atoms with van der Waals surface area (Å²) in [7, 11) is 3.12. The molecular weight excluding hydrogens is 300 g/mol. The third-order valence-corrected chi connectivity index (χ3v) is 3.56. The molecule has 9 nitrogen and oxygen atoms in total. The van der Waals surface area contributed by atoms with Crippen LogP contribution in [0.25, 0.3) is 11.2 Å². The van der Waals surface area contributed by atoms with E-state index in [1.54, 1.807) is 37.4 Å². The molecule has 118 valence electrons. The van der Waals surface area contributed by atoms with Crippen LogP contribution in [-0.4, -0.2) is 18.7 Å². The second-order valence-electron chi connectivity index (χ2n) is 5.03. The summed E-state index contributed by atoms with van der Waals surface area (Å²) in [6, 6.07) is 8.73. The first-order valence-electron chi connectivity index (χ1n) is 6.81. The average molecular weight is 314 g/mol. The highest BCUT2D eigenvalue weighted by Crippen LogP contribution is 2.13. The number of fused-ring (bicyclic) bond motifs is 1. The van der Waals surface area contributed by atoms with Gasteiger partial charge >= 0.3 is 5.69 Å². The molecule has 0 radical (unpaired) electrons. The smallest absolute Gasteiger partial charge is 0.335 e. The SMILES string of the molecule is Cn1cnc2c1c(=O)n(C(N=O)Nc1ccccc1)c(=O)n2C. The van der Waals surface area contributed by atoms with E-state index in [0.29, 0.717) is 5.69 Å². The number of nitrogens with zero attached hydrogens (tertiary/aromatic N) is 5. The highest BCUT2D eigenvalue weighted by molar-refractivity contribution is 5.69. The van der Waals surface area contributed by atoms with Crippen molar-refractivity contribution in [2.75, 3.05) is 5.32 Å². The first-order chi connectivity index (χ1) is 11.0. The minimum absolute atomic E-state index is 0.218. The lowest BCUT2D eigenvalue weighted by molar-refractivity contribution is 0.520. The van der Waals surface area contributed by atoms with E-state index in [-0.39, 0.29) is 11.2 Å². The highest BCUT2D eigenvalue weighted by Gasteiger charge is 2.21. The van der Waals surface area contributed by atoms with Gasteiger partial charge in [-0.3, -0.25) is 9.36 Å². The summed E-state index contributed by atoms with van der Waals surface area (Å²) in [5.74, 6) is 0. The molecule has 0 aliphatic heterocycles. The molecule has 1 N–H and O–H groups in total. The Bertz CT molecular complexity index is 985. The molecule has 23 heavy (non-hydrogen) atoms. The average Bonchev–Trinajstić information content (AvgIpc) is 2.95. The maximum absolute atomic E-state index is 12.6. The van der Waals surface area contributed by atoms with Crippen LogP contribution in [0.5, 0.6) is 0 Å². The number of anilines is 1. The summed E-state index contributed by atoms with van der Waals surface area (Å²) in [6.07, 6.45) is 0.0759. The van der Waals surface area contributed by atoms with E-state index in [9.17, 15) is 14.5 Å². The molecule has 1 unspecified atom stereocenters. The predicted molar refractivity (Wildman–Crippen MR) is 85.1 cm³/mol. The monoisotopic (exact) mass is 314 g/mol. The Morgan fingerprint density at radius 3 is 2.52 bits per heavy atom.